The molecule has 2 N–H and O–H groups in total. The fourth-order valence-electron chi connectivity index (χ4n) is 2.54. The van der Waals surface area contributed by atoms with Gasteiger partial charge >= 0.3 is 6.03 Å². The van der Waals surface area contributed by atoms with E-state index in [1.54, 1.807) is 4.90 Å². The Balaban J connectivity index is 2.15. The van der Waals surface area contributed by atoms with E-state index in [1.165, 1.54) is 5.56 Å². The maximum atomic E-state index is 11.9. The molecule has 2 amide bonds. The van der Waals surface area contributed by atoms with Gasteiger partial charge in [0.1, 0.15) is 0 Å². The lowest BCUT2D eigenvalue weighted by molar-refractivity contribution is 0.254. The van der Waals surface area contributed by atoms with E-state index in [0.717, 1.165) is 22.4 Å². The first-order valence-electron chi connectivity index (χ1n) is 7.66. The van der Waals surface area contributed by atoms with E-state index in [0.29, 0.717) is 13.1 Å². The Bertz CT molecular complexity index is 675. The largest absolute Gasteiger partial charge is 0.370 e. The molecule has 5 heteroatoms. The van der Waals surface area contributed by atoms with Crippen molar-refractivity contribution in [1.82, 2.24) is 0 Å². The number of anilines is 2. The molecule has 2 aromatic carbocycles. The number of urea groups is 1. The van der Waals surface area contributed by atoms with Crippen LogP contribution in [-0.4, -0.2) is 25.7 Å². The van der Waals surface area contributed by atoms with Crippen molar-refractivity contribution in [3.05, 3.63) is 58.6 Å². The maximum Gasteiger partial charge on any atom is 0.319 e. The van der Waals surface area contributed by atoms with Gasteiger partial charge < -0.3 is 10.6 Å². The molecule has 0 heterocycles. The van der Waals surface area contributed by atoms with Crippen molar-refractivity contribution < 1.29 is 4.79 Å². The predicted octanol–water partition coefficient (Wildman–Crippen LogP) is 4.17. The number of primary amides is 1. The van der Waals surface area contributed by atoms with Crippen LogP contribution in [0.25, 0.3) is 0 Å². The van der Waals surface area contributed by atoms with E-state index in [1.807, 2.05) is 30.3 Å². The summed E-state index contributed by atoms with van der Waals surface area (Å²) in [6.07, 6.45) is 0. The first-order valence-corrected chi connectivity index (χ1v) is 8.45. The molecule has 4 nitrogen and oxygen atoms in total. The Labute approximate surface area is 146 Å². The summed E-state index contributed by atoms with van der Waals surface area (Å²) >= 11 is 3.48. The minimum Gasteiger partial charge on any atom is -0.370 e. The summed E-state index contributed by atoms with van der Waals surface area (Å²) in [6.45, 7) is 6.29. The standard InChI is InChI=1S/C18H22BrN3O/c1-3-21(15-8-6-7-14(2)13-15)11-12-22(18(20)23)17-10-5-4-9-16(17)19/h4-10,13H,3,11-12H2,1-2H3,(H2,20,23). The maximum absolute atomic E-state index is 11.9. The van der Waals surface area contributed by atoms with Gasteiger partial charge in [0.05, 0.1) is 5.69 Å². The minimum atomic E-state index is -0.447. The molecule has 0 aromatic heterocycles. The number of hydrogen-bond donors (Lipinski definition) is 1. The van der Waals surface area contributed by atoms with E-state index < -0.39 is 6.03 Å². The highest BCUT2D eigenvalue weighted by Gasteiger charge is 2.16. The molecule has 0 saturated heterocycles. The molecule has 2 rings (SSSR count). The third-order valence-electron chi connectivity index (χ3n) is 3.75. The lowest BCUT2D eigenvalue weighted by Crippen LogP contribution is -2.42. The highest BCUT2D eigenvalue weighted by atomic mass is 79.9. The molecule has 0 aliphatic carbocycles. The average Bonchev–Trinajstić information content (AvgIpc) is 2.52. The number of aryl methyl sites for hydroxylation is 1. The number of amides is 2. The van der Waals surface area contributed by atoms with Crippen LogP contribution in [0.4, 0.5) is 16.2 Å². The van der Waals surface area contributed by atoms with Gasteiger partial charge in [0, 0.05) is 29.8 Å². The lowest BCUT2D eigenvalue weighted by atomic mass is 10.2. The first-order chi connectivity index (χ1) is 11.0. The molecule has 0 unspecified atom stereocenters. The van der Waals surface area contributed by atoms with Crippen LogP contribution in [0.2, 0.25) is 0 Å². The molecular weight excluding hydrogens is 354 g/mol. The van der Waals surface area contributed by atoms with E-state index >= 15 is 0 Å². The van der Waals surface area contributed by atoms with Gasteiger partial charge in [0.25, 0.3) is 0 Å². The highest BCUT2D eigenvalue weighted by molar-refractivity contribution is 9.10. The van der Waals surface area contributed by atoms with Crippen molar-refractivity contribution in [3.63, 3.8) is 0 Å². The zero-order valence-electron chi connectivity index (χ0n) is 13.5. The molecule has 0 radical (unpaired) electrons. The number of likely N-dealkylation sites (N-methyl/N-ethyl adjacent to an activating group) is 1. The van der Waals surface area contributed by atoms with Gasteiger partial charge in [-0.25, -0.2) is 4.79 Å². The molecule has 2 aromatic rings. The molecule has 122 valence electrons. The fraction of sp³-hybridized carbons (Fsp3) is 0.278. The predicted molar refractivity (Wildman–Crippen MR) is 100 cm³/mol. The van der Waals surface area contributed by atoms with Crippen molar-refractivity contribution >= 4 is 33.3 Å². The van der Waals surface area contributed by atoms with Crippen molar-refractivity contribution in [2.75, 3.05) is 29.4 Å². The Morgan fingerprint density at radius 1 is 1.13 bits per heavy atom. The third kappa shape index (κ3) is 4.48. The number of halogens is 1. The van der Waals surface area contributed by atoms with Gasteiger partial charge in [-0.05, 0) is 59.6 Å². The molecule has 0 saturated carbocycles. The molecular formula is C18H22BrN3O. The van der Waals surface area contributed by atoms with Crippen LogP contribution in [0.15, 0.2) is 53.0 Å². The van der Waals surface area contributed by atoms with Gasteiger partial charge in [0.2, 0.25) is 0 Å². The minimum absolute atomic E-state index is 0.447. The van der Waals surface area contributed by atoms with Crippen LogP contribution < -0.4 is 15.5 Å². The third-order valence-corrected chi connectivity index (χ3v) is 4.42. The van der Waals surface area contributed by atoms with E-state index in [4.69, 9.17) is 5.73 Å². The molecule has 0 aliphatic heterocycles. The van der Waals surface area contributed by atoms with Crippen molar-refractivity contribution in [1.29, 1.82) is 0 Å². The molecule has 0 aliphatic rings. The van der Waals surface area contributed by atoms with Gasteiger partial charge in [-0.2, -0.15) is 0 Å². The number of hydrogen-bond acceptors (Lipinski definition) is 2. The smallest absolute Gasteiger partial charge is 0.319 e. The summed E-state index contributed by atoms with van der Waals surface area (Å²) in [5, 5.41) is 0. The summed E-state index contributed by atoms with van der Waals surface area (Å²) in [6, 6.07) is 15.5. The molecule has 23 heavy (non-hydrogen) atoms. The lowest BCUT2D eigenvalue weighted by Gasteiger charge is -2.28. The van der Waals surface area contributed by atoms with Crippen molar-refractivity contribution in [3.8, 4) is 0 Å². The van der Waals surface area contributed by atoms with Crippen LogP contribution in [0.3, 0.4) is 0 Å². The van der Waals surface area contributed by atoms with Crippen molar-refractivity contribution in [2.45, 2.75) is 13.8 Å². The summed E-state index contributed by atoms with van der Waals surface area (Å²) in [5.41, 5.74) is 8.75. The first kappa shape index (κ1) is 17.3. The zero-order valence-corrected chi connectivity index (χ0v) is 15.1. The van der Waals surface area contributed by atoms with Crippen LogP contribution in [0.1, 0.15) is 12.5 Å². The van der Waals surface area contributed by atoms with Gasteiger partial charge in [-0.3, -0.25) is 4.90 Å². The SMILES string of the molecule is CCN(CCN(C(N)=O)c1ccccc1Br)c1cccc(C)c1. The van der Waals surface area contributed by atoms with Crippen LogP contribution >= 0.6 is 15.9 Å². The fourth-order valence-corrected chi connectivity index (χ4v) is 3.03. The van der Waals surface area contributed by atoms with E-state index in [9.17, 15) is 4.79 Å². The average molecular weight is 376 g/mol. The second-order valence-corrected chi connectivity index (χ2v) is 6.21. The molecule has 0 fully saturated rings. The van der Waals surface area contributed by atoms with Gasteiger partial charge in [0.15, 0.2) is 0 Å². The highest BCUT2D eigenvalue weighted by Crippen LogP contribution is 2.26. The van der Waals surface area contributed by atoms with Gasteiger partial charge in [-0.1, -0.05) is 24.3 Å². The zero-order chi connectivity index (χ0) is 16.8. The second kappa shape index (κ2) is 8.02. The Hall–Kier alpha value is -2.01. The summed E-state index contributed by atoms with van der Waals surface area (Å²) in [7, 11) is 0. The van der Waals surface area contributed by atoms with Gasteiger partial charge in [-0.15, -0.1) is 0 Å². The number of benzene rings is 2. The van der Waals surface area contributed by atoms with Crippen molar-refractivity contribution in [2.24, 2.45) is 5.73 Å². The molecule has 0 spiro atoms. The number of para-hydroxylation sites is 1. The van der Waals surface area contributed by atoms with Crippen LogP contribution in [-0.2, 0) is 0 Å². The number of nitrogens with two attached hydrogens (primary N) is 1. The number of carbonyl (C=O) groups is 1. The van der Waals surface area contributed by atoms with Crippen LogP contribution in [0.5, 0.6) is 0 Å². The number of carbonyl (C=O) groups excluding carboxylic acids is 1. The van der Waals surface area contributed by atoms with E-state index in [2.05, 4.69) is 52.9 Å². The monoisotopic (exact) mass is 375 g/mol. The number of nitrogens with zero attached hydrogens (tertiary/aromatic N) is 2. The quantitative estimate of drug-likeness (QED) is 0.823. The Kier molecular flexibility index (Phi) is 6.04. The van der Waals surface area contributed by atoms with E-state index in [-0.39, 0.29) is 0 Å². The summed E-state index contributed by atoms with van der Waals surface area (Å²) in [4.78, 5) is 15.7. The molecule has 0 atom stereocenters. The topological polar surface area (TPSA) is 49.6 Å². The second-order valence-electron chi connectivity index (χ2n) is 5.36. The number of rotatable bonds is 6. The normalized spacial score (nSPS) is 10.4. The molecule has 0 bridgehead atoms. The Morgan fingerprint density at radius 2 is 1.87 bits per heavy atom. The van der Waals surface area contributed by atoms with Crippen LogP contribution in [0, 0.1) is 6.92 Å². The summed E-state index contributed by atoms with van der Waals surface area (Å²) < 4.78 is 0.859. The summed E-state index contributed by atoms with van der Waals surface area (Å²) in [5.74, 6) is 0. The Morgan fingerprint density at radius 3 is 2.48 bits per heavy atom.